The van der Waals surface area contributed by atoms with Crippen LogP contribution < -0.4 is 5.32 Å². The third kappa shape index (κ3) is 2.97. The second kappa shape index (κ2) is 5.33. The maximum atomic E-state index is 11.1. The Kier molecular flexibility index (Phi) is 3.79. The Morgan fingerprint density at radius 1 is 1.39 bits per heavy atom. The third-order valence-electron chi connectivity index (χ3n) is 3.48. The summed E-state index contributed by atoms with van der Waals surface area (Å²) >= 11 is 0. The first kappa shape index (κ1) is 12.8. The van der Waals surface area contributed by atoms with Gasteiger partial charge in [-0.15, -0.1) is 0 Å². The van der Waals surface area contributed by atoms with E-state index in [0.717, 1.165) is 30.7 Å². The van der Waals surface area contributed by atoms with E-state index in [9.17, 15) is 4.79 Å². The zero-order valence-electron chi connectivity index (χ0n) is 10.8. The van der Waals surface area contributed by atoms with Gasteiger partial charge in [-0.05, 0) is 38.7 Å². The highest BCUT2D eigenvalue weighted by Crippen LogP contribution is 2.31. The van der Waals surface area contributed by atoms with Crippen LogP contribution in [0.1, 0.15) is 30.7 Å². The molecule has 0 spiro atoms. The van der Waals surface area contributed by atoms with Crippen molar-refractivity contribution in [2.24, 2.45) is 11.8 Å². The van der Waals surface area contributed by atoms with Crippen molar-refractivity contribution < 1.29 is 9.90 Å². The Morgan fingerprint density at radius 2 is 2.06 bits per heavy atom. The van der Waals surface area contributed by atoms with Gasteiger partial charge in [0.05, 0.1) is 5.92 Å². The van der Waals surface area contributed by atoms with Crippen molar-refractivity contribution in [2.75, 3.05) is 11.9 Å². The maximum Gasteiger partial charge on any atom is 0.306 e. The van der Waals surface area contributed by atoms with E-state index >= 15 is 0 Å². The fourth-order valence-electron chi connectivity index (χ4n) is 2.63. The van der Waals surface area contributed by atoms with Gasteiger partial charge in [0, 0.05) is 17.9 Å². The van der Waals surface area contributed by atoms with E-state index < -0.39 is 5.97 Å². The highest BCUT2D eigenvalue weighted by atomic mass is 16.4. The smallest absolute Gasteiger partial charge is 0.306 e. The van der Waals surface area contributed by atoms with Crippen LogP contribution in [0, 0.1) is 25.7 Å². The van der Waals surface area contributed by atoms with Crippen LogP contribution in [0.3, 0.4) is 0 Å². The molecule has 1 aliphatic carbocycles. The monoisotopic (exact) mass is 249 g/mol. The minimum atomic E-state index is -0.680. The van der Waals surface area contributed by atoms with Gasteiger partial charge >= 0.3 is 5.97 Å². The average molecular weight is 249 g/mol. The van der Waals surface area contributed by atoms with Gasteiger partial charge in [0.1, 0.15) is 0 Å². The van der Waals surface area contributed by atoms with Gasteiger partial charge in [-0.1, -0.05) is 6.42 Å². The first-order valence-electron chi connectivity index (χ1n) is 6.35. The normalized spacial score (nSPS) is 23.0. The van der Waals surface area contributed by atoms with Crippen LogP contribution in [0.15, 0.2) is 6.07 Å². The number of nitrogens with zero attached hydrogens (tertiary/aromatic N) is 2. The summed E-state index contributed by atoms with van der Waals surface area (Å²) in [5, 5.41) is 12.3. The van der Waals surface area contributed by atoms with Gasteiger partial charge in [-0.2, -0.15) is 0 Å². The van der Waals surface area contributed by atoms with E-state index in [2.05, 4.69) is 15.3 Å². The minimum absolute atomic E-state index is 0.187. The molecule has 1 aromatic rings. The summed E-state index contributed by atoms with van der Waals surface area (Å²) in [6.45, 7) is 4.49. The van der Waals surface area contributed by atoms with Gasteiger partial charge in [0.2, 0.25) is 5.95 Å². The molecule has 2 unspecified atom stereocenters. The lowest BCUT2D eigenvalue weighted by atomic mass is 9.96. The predicted molar refractivity (Wildman–Crippen MR) is 68.5 cm³/mol. The Hall–Kier alpha value is -1.65. The van der Waals surface area contributed by atoms with Crippen molar-refractivity contribution in [1.82, 2.24) is 9.97 Å². The summed E-state index contributed by atoms with van der Waals surface area (Å²) in [6, 6.07) is 1.92. The SMILES string of the molecule is Cc1cc(C)nc(NCC2CCCC2C(=O)O)n1. The summed E-state index contributed by atoms with van der Waals surface area (Å²) < 4.78 is 0. The minimum Gasteiger partial charge on any atom is -0.481 e. The molecule has 0 saturated heterocycles. The Bertz CT molecular complexity index is 428. The first-order valence-corrected chi connectivity index (χ1v) is 6.35. The van der Waals surface area contributed by atoms with Crippen molar-refractivity contribution in [3.63, 3.8) is 0 Å². The summed E-state index contributed by atoms with van der Waals surface area (Å²) in [5.41, 5.74) is 1.84. The number of hydrogen-bond acceptors (Lipinski definition) is 4. The molecule has 2 N–H and O–H groups in total. The maximum absolute atomic E-state index is 11.1. The van der Waals surface area contributed by atoms with Crippen LogP contribution in [0.25, 0.3) is 0 Å². The van der Waals surface area contributed by atoms with Gasteiger partial charge in [-0.25, -0.2) is 9.97 Å². The van der Waals surface area contributed by atoms with E-state index in [1.54, 1.807) is 0 Å². The summed E-state index contributed by atoms with van der Waals surface area (Å²) in [5.74, 6) is -0.112. The molecule has 0 amide bonds. The zero-order valence-corrected chi connectivity index (χ0v) is 10.8. The van der Waals surface area contributed by atoms with E-state index in [0.29, 0.717) is 12.5 Å². The number of aromatic nitrogens is 2. The third-order valence-corrected chi connectivity index (χ3v) is 3.48. The number of anilines is 1. The molecule has 2 rings (SSSR count). The molecule has 1 aliphatic rings. The van der Waals surface area contributed by atoms with Crippen molar-refractivity contribution in [2.45, 2.75) is 33.1 Å². The molecular weight excluding hydrogens is 230 g/mol. The van der Waals surface area contributed by atoms with Gasteiger partial charge in [0.25, 0.3) is 0 Å². The lowest BCUT2D eigenvalue weighted by Crippen LogP contribution is -2.25. The molecule has 0 bridgehead atoms. The molecule has 2 atom stereocenters. The van der Waals surface area contributed by atoms with Crippen molar-refractivity contribution in [1.29, 1.82) is 0 Å². The number of carboxylic acid groups (broad SMARTS) is 1. The van der Waals surface area contributed by atoms with Crippen LogP contribution in [-0.2, 0) is 4.79 Å². The zero-order chi connectivity index (χ0) is 13.1. The van der Waals surface area contributed by atoms with Crippen LogP contribution in [0.2, 0.25) is 0 Å². The summed E-state index contributed by atoms with van der Waals surface area (Å²) in [6.07, 6.45) is 2.75. The summed E-state index contributed by atoms with van der Waals surface area (Å²) in [4.78, 5) is 19.7. The molecule has 1 saturated carbocycles. The number of nitrogens with one attached hydrogen (secondary N) is 1. The van der Waals surface area contributed by atoms with Gasteiger partial charge in [0.15, 0.2) is 0 Å². The molecule has 0 aromatic carbocycles. The summed E-state index contributed by atoms with van der Waals surface area (Å²) in [7, 11) is 0. The van der Waals surface area contributed by atoms with Crippen LogP contribution in [-0.4, -0.2) is 27.6 Å². The predicted octanol–water partition coefficient (Wildman–Crippen LogP) is 2.01. The van der Waals surface area contributed by atoms with E-state index in [4.69, 9.17) is 5.11 Å². The second-order valence-corrected chi connectivity index (χ2v) is 4.99. The molecule has 1 heterocycles. The molecule has 18 heavy (non-hydrogen) atoms. The Labute approximate surface area is 107 Å². The highest BCUT2D eigenvalue weighted by molar-refractivity contribution is 5.70. The number of rotatable bonds is 4. The van der Waals surface area contributed by atoms with E-state index in [1.165, 1.54) is 0 Å². The Morgan fingerprint density at radius 3 is 2.67 bits per heavy atom. The fraction of sp³-hybridized carbons (Fsp3) is 0.615. The number of hydrogen-bond donors (Lipinski definition) is 2. The second-order valence-electron chi connectivity index (χ2n) is 4.99. The molecular formula is C13H19N3O2. The van der Waals surface area contributed by atoms with Crippen LogP contribution >= 0.6 is 0 Å². The highest BCUT2D eigenvalue weighted by Gasteiger charge is 2.32. The van der Waals surface area contributed by atoms with Gasteiger partial charge < -0.3 is 10.4 Å². The lowest BCUT2D eigenvalue weighted by molar-refractivity contribution is -0.142. The molecule has 1 aromatic heterocycles. The molecule has 98 valence electrons. The molecule has 0 aliphatic heterocycles. The van der Waals surface area contributed by atoms with E-state index in [-0.39, 0.29) is 11.8 Å². The molecule has 1 fully saturated rings. The number of carbonyl (C=O) groups is 1. The Balaban J connectivity index is 1.96. The number of carboxylic acids is 1. The molecule has 5 heteroatoms. The number of aliphatic carboxylic acids is 1. The van der Waals surface area contributed by atoms with Crippen molar-refractivity contribution >= 4 is 11.9 Å². The largest absolute Gasteiger partial charge is 0.481 e. The first-order chi connectivity index (χ1) is 8.56. The van der Waals surface area contributed by atoms with Crippen LogP contribution in [0.5, 0.6) is 0 Å². The standard InChI is InChI=1S/C13H19N3O2/c1-8-6-9(2)16-13(15-8)14-7-10-4-3-5-11(10)12(17)18/h6,10-11H,3-5,7H2,1-2H3,(H,17,18)(H,14,15,16). The number of aryl methyl sites for hydroxylation is 2. The molecule has 0 radical (unpaired) electrons. The van der Waals surface area contributed by atoms with Crippen molar-refractivity contribution in [3.05, 3.63) is 17.5 Å². The van der Waals surface area contributed by atoms with Crippen molar-refractivity contribution in [3.8, 4) is 0 Å². The quantitative estimate of drug-likeness (QED) is 0.853. The topological polar surface area (TPSA) is 75.1 Å². The van der Waals surface area contributed by atoms with E-state index in [1.807, 2.05) is 19.9 Å². The van der Waals surface area contributed by atoms with Gasteiger partial charge in [-0.3, -0.25) is 4.79 Å². The fourth-order valence-corrected chi connectivity index (χ4v) is 2.63. The lowest BCUT2D eigenvalue weighted by Gasteiger charge is -2.16. The van der Waals surface area contributed by atoms with Crippen LogP contribution in [0.4, 0.5) is 5.95 Å². The average Bonchev–Trinajstić information content (AvgIpc) is 2.73. The molecule has 5 nitrogen and oxygen atoms in total.